The van der Waals surface area contributed by atoms with Crippen LogP contribution in [-0.4, -0.2) is 82.0 Å². The summed E-state index contributed by atoms with van der Waals surface area (Å²) >= 11 is 0. The summed E-state index contributed by atoms with van der Waals surface area (Å²) in [5, 5.41) is 10.1. The monoisotopic (exact) mass is 705 g/mol. The number of unbranched alkanes of at least 4 members (excludes halogenated alkanes) is 2. The van der Waals surface area contributed by atoms with E-state index in [0.717, 1.165) is 61.4 Å². The molecule has 0 spiro atoms. The van der Waals surface area contributed by atoms with Crippen molar-refractivity contribution in [2.45, 2.75) is 141 Å². The second-order valence-electron chi connectivity index (χ2n) is 14.4. The van der Waals surface area contributed by atoms with Crippen molar-refractivity contribution in [1.29, 1.82) is 0 Å². The molecule has 278 valence electrons. The Morgan fingerprint density at radius 2 is 1.75 bits per heavy atom. The van der Waals surface area contributed by atoms with Crippen LogP contribution in [0.15, 0.2) is 42.7 Å². The molecular formula is C39H55N5O7. The zero-order valence-electron chi connectivity index (χ0n) is 30.7. The van der Waals surface area contributed by atoms with Crippen LogP contribution in [0.1, 0.15) is 115 Å². The molecule has 1 aromatic carbocycles. The highest BCUT2D eigenvalue weighted by atomic mass is 16.6. The Bertz CT molecular complexity index is 1620. The molecule has 3 N–H and O–H groups in total. The van der Waals surface area contributed by atoms with E-state index in [9.17, 15) is 24.0 Å². The molecular weight excluding hydrogens is 650 g/mol. The van der Waals surface area contributed by atoms with Crippen LogP contribution in [0.25, 0.3) is 10.9 Å². The van der Waals surface area contributed by atoms with Crippen molar-refractivity contribution < 1.29 is 33.4 Å². The topological polar surface area (TPSA) is 151 Å². The fourth-order valence-corrected chi connectivity index (χ4v) is 7.65. The van der Waals surface area contributed by atoms with Gasteiger partial charge in [0.15, 0.2) is 0 Å². The van der Waals surface area contributed by atoms with E-state index in [1.165, 1.54) is 13.8 Å². The number of hydrogen-bond acceptors (Lipinski definition) is 8. The average molecular weight is 706 g/mol. The third kappa shape index (κ3) is 8.83. The second-order valence-corrected chi connectivity index (χ2v) is 14.4. The Morgan fingerprint density at radius 3 is 2.45 bits per heavy atom. The number of para-hydroxylation sites is 1. The predicted octanol–water partition coefficient (Wildman–Crippen LogP) is 4.92. The summed E-state index contributed by atoms with van der Waals surface area (Å²) in [6.45, 7) is 14.1. The number of epoxide rings is 1. The molecule has 12 nitrogen and oxygen atoms in total. The van der Waals surface area contributed by atoms with Crippen LogP contribution in [0, 0.1) is 5.92 Å². The van der Waals surface area contributed by atoms with Crippen LogP contribution in [0.3, 0.4) is 0 Å². The van der Waals surface area contributed by atoms with Gasteiger partial charge < -0.3 is 30.3 Å². The number of carbonyl (C=O) groups excluding carboxylic acids is 5. The van der Waals surface area contributed by atoms with Crippen molar-refractivity contribution in [2.75, 3.05) is 6.54 Å². The highest BCUT2D eigenvalue weighted by Crippen LogP contribution is 2.44. The minimum atomic E-state index is -1.06. The average Bonchev–Trinajstić information content (AvgIpc) is 3.80. The molecule has 3 saturated heterocycles. The van der Waals surface area contributed by atoms with Crippen molar-refractivity contribution in [3.8, 4) is 0 Å². The maximum absolute atomic E-state index is 14.3. The van der Waals surface area contributed by atoms with Crippen LogP contribution in [-0.2, 0) is 28.7 Å². The Balaban J connectivity index is 1.42. The highest BCUT2D eigenvalue weighted by molar-refractivity contribution is 5.96. The van der Waals surface area contributed by atoms with E-state index in [4.69, 9.17) is 9.47 Å². The SMILES string of the molecule is C=C1[C@H](C(C)CC)NC(=O)[C@H](C2OC2c2cn(C(C)=O)c3ccccc23)NC(=O)[C@H](CCCCCC(CC)OC(C)=O)NC(=O)[C@H]2CCCCN12. The summed E-state index contributed by atoms with van der Waals surface area (Å²) in [5.74, 6) is -1.48. The molecule has 51 heavy (non-hydrogen) atoms. The van der Waals surface area contributed by atoms with Gasteiger partial charge in [-0.2, -0.15) is 0 Å². The van der Waals surface area contributed by atoms with Gasteiger partial charge in [-0.25, -0.2) is 0 Å². The van der Waals surface area contributed by atoms with Gasteiger partial charge in [-0.1, -0.05) is 64.8 Å². The maximum atomic E-state index is 14.3. The Kier molecular flexibility index (Phi) is 12.6. The lowest BCUT2D eigenvalue weighted by Gasteiger charge is -2.42. The van der Waals surface area contributed by atoms with E-state index >= 15 is 0 Å². The summed E-state index contributed by atoms with van der Waals surface area (Å²) in [7, 11) is 0. The first-order valence-electron chi connectivity index (χ1n) is 18.7. The third-order valence-corrected chi connectivity index (χ3v) is 10.8. The molecule has 0 saturated carbocycles. The Morgan fingerprint density at radius 1 is 0.980 bits per heavy atom. The number of aromatic nitrogens is 1. The standard InChI is InChI=1S/C39H55N5O7/c1-7-23(3)33-24(4)43-21-15-14-20-32(43)38(48)40-30(18-11-9-10-16-27(8-2)50-26(6)46)37(47)42-34(39(49)41-33)36-35(51-36)29-22-44(25(5)45)31-19-13-12-17-28(29)31/h12-13,17,19,22-23,27,30,32-36H,4,7-11,14-16,18,20-21H2,1-3,5-6H3,(H,40,48)(H,41,49)(H,42,47)/t23?,27?,30-,32+,33-,34-,35?,36?/m0/s1. The number of amides is 3. The van der Waals surface area contributed by atoms with Gasteiger partial charge in [-0.15, -0.1) is 0 Å². The third-order valence-electron chi connectivity index (χ3n) is 10.8. The highest BCUT2D eigenvalue weighted by Gasteiger charge is 2.52. The van der Waals surface area contributed by atoms with E-state index in [-0.39, 0.29) is 35.7 Å². The van der Waals surface area contributed by atoms with Gasteiger partial charge in [0, 0.05) is 43.2 Å². The number of rotatable bonds is 12. The molecule has 5 rings (SSSR count). The first-order valence-corrected chi connectivity index (χ1v) is 18.7. The Labute approximate surface area is 301 Å². The number of piperidine rings is 1. The lowest BCUT2D eigenvalue weighted by Crippen LogP contribution is -2.62. The lowest BCUT2D eigenvalue weighted by atomic mass is 9.91. The molecule has 3 aliphatic heterocycles. The van der Waals surface area contributed by atoms with Gasteiger partial charge in [0.25, 0.3) is 0 Å². The van der Waals surface area contributed by atoms with Gasteiger partial charge in [0.05, 0.1) is 11.6 Å². The molecule has 3 amide bonds. The zero-order chi connectivity index (χ0) is 36.8. The number of esters is 1. The summed E-state index contributed by atoms with van der Waals surface area (Å²) in [4.78, 5) is 68.4. The minimum Gasteiger partial charge on any atom is -0.463 e. The van der Waals surface area contributed by atoms with Gasteiger partial charge in [0.2, 0.25) is 23.6 Å². The predicted molar refractivity (Wildman–Crippen MR) is 194 cm³/mol. The summed E-state index contributed by atoms with van der Waals surface area (Å²) < 4.78 is 13.1. The van der Waals surface area contributed by atoms with Crippen molar-refractivity contribution >= 4 is 40.5 Å². The fraction of sp³-hybridized carbons (Fsp3) is 0.615. The molecule has 1 aromatic heterocycles. The van der Waals surface area contributed by atoms with Crippen molar-refractivity contribution in [3.63, 3.8) is 0 Å². The summed E-state index contributed by atoms with van der Waals surface area (Å²) in [6, 6.07) is 4.65. The van der Waals surface area contributed by atoms with Crippen LogP contribution in [0.5, 0.6) is 0 Å². The minimum absolute atomic E-state index is 0.0109. The zero-order valence-corrected chi connectivity index (χ0v) is 30.7. The van der Waals surface area contributed by atoms with E-state index in [2.05, 4.69) is 22.5 Å². The molecule has 4 unspecified atom stereocenters. The number of ether oxygens (including phenoxy) is 2. The number of fused-ring (bicyclic) bond motifs is 2. The molecule has 4 heterocycles. The van der Waals surface area contributed by atoms with E-state index < -0.39 is 42.3 Å². The Hall–Kier alpha value is -4.19. The van der Waals surface area contributed by atoms with E-state index in [1.807, 2.05) is 49.9 Å². The first kappa shape index (κ1) is 38.1. The first-order chi connectivity index (χ1) is 24.4. The normalized spacial score (nSPS) is 26.9. The van der Waals surface area contributed by atoms with Crippen molar-refractivity contribution in [1.82, 2.24) is 25.4 Å². The number of hydrogen-bond donors (Lipinski definition) is 3. The van der Waals surface area contributed by atoms with Gasteiger partial charge in [-0.05, 0) is 56.9 Å². The largest absolute Gasteiger partial charge is 0.463 e. The number of nitrogens with zero attached hydrogens (tertiary/aromatic N) is 2. The number of carbonyl (C=O) groups is 5. The summed E-state index contributed by atoms with van der Waals surface area (Å²) in [6.07, 6.45) is 7.59. The van der Waals surface area contributed by atoms with Crippen LogP contribution >= 0.6 is 0 Å². The van der Waals surface area contributed by atoms with Crippen LogP contribution in [0.4, 0.5) is 0 Å². The van der Waals surface area contributed by atoms with Crippen molar-refractivity contribution in [2.24, 2.45) is 5.92 Å². The quantitative estimate of drug-likeness (QED) is 0.160. The van der Waals surface area contributed by atoms with E-state index in [1.54, 1.807) is 10.8 Å². The molecule has 8 atom stereocenters. The second kappa shape index (κ2) is 16.9. The van der Waals surface area contributed by atoms with Crippen LogP contribution in [0.2, 0.25) is 0 Å². The van der Waals surface area contributed by atoms with Gasteiger partial charge >= 0.3 is 5.97 Å². The molecule has 3 aliphatic rings. The molecule has 0 radical (unpaired) electrons. The molecule has 3 fully saturated rings. The molecule has 2 aromatic rings. The van der Waals surface area contributed by atoms with E-state index in [0.29, 0.717) is 31.5 Å². The van der Waals surface area contributed by atoms with Crippen LogP contribution < -0.4 is 16.0 Å². The molecule has 12 heteroatoms. The van der Waals surface area contributed by atoms with Gasteiger partial charge in [0.1, 0.15) is 36.4 Å². The number of benzene rings is 1. The van der Waals surface area contributed by atoms with Gasteiger partial charge in [-0.3, -0.25) is 28.5 Å². The smallest absolute Gasteiger partial charge is 0.302 e. The molecule has 0 bridgehead atoms. The van der Waals surface area contributed by atoms with Crippen molar-refractivity contribution in [3.05, 3.63) is 48.3 Å². The maximum Gasteiger partial charge on any atom is 0.302 e. The fourth-order valence-electron chi connectivity index (χ4n) is 7.65. The summed E-state index contributed by atoms with van der Waals surface area (Å²) in [5.41, 5.74) is 2.20. The lowest BCUT2D eigenvalue weighted by molar-refractivity contribution is -0.146. The number of nitrogens with one attached hydrogen (secondary N) is 3. The molecule has 0 aliphatic carbocycles.